The second-order valence-electron chi connectivity index (χ2n) is 6.51. The Morgan fingerprint density at radius 1 is 1.10 bits per heavy atom. The van der Waals surface area contributed by atoms with Crippen molar-refractivity contribution in [1.29, 1.82) is 0 Å². The Morgan fingerprint density at radius 3 is 2.43 bits per heavy atom. The highest BCUT2D eigenvalue weighted by Gasteiger charge is 2.38. The van der Waals surface area contributed by atoms with Gasteiger partial charge in [-0.25, -0.2) is 9.59 Å². The molecule has 0 saturated carbocycles. The number of hydrogen-bond donors (Lipinski definition) is 1. The standard InChI is InChI=1S/C22H22Cl2N2O4/c1-3-26-18(13-30-17-10-6-9-16(24)12-17)19(21(27)29-4-2)20(25-22(26)28)14-7-5-8-15(23)11-14/h5-12,20H,3-4,13H2,1-2H3,(H,25,28)/t20-/m1/s1. The fourth-order valence-corrected chi connectivity index (χ4v) is 3.67. The smallest absolute Gasteiger partial charge is 0.338 e. The van der Waals surface area contributed by atoms with Crippen LogP contribution in [0.5, 0.6) is 5.75 Å². The number of ether oxygens (including phenoxy) is 2. The molecule has 158 valence electrons. The number of carbonyl (C=O) groups excluding carboxylic acids is 2. The number of nitrogens with zero attached hydrogens (tertiary/aromatic N) is 1. The molecule has 1 aliphatic rings. The van der Waals surface area contributed by atoms with Crippen molar-refractivity contribution in [2.24, 2.45) is 0 Å². The third kappa shape index (κ3) is 4.89. The average Bonchev–Trinajstić information content (AvgIpc) is 2.72. The van der Waals surface area contributed by atoms with Crippen LogP contribution in [0.15, 0.2) is 59.8 Å². The first-order valence-electron chi connectivity index (χ1n) is 9.56. The Bertz CT molecular complexity index is 977. The summed E-state index contributed by atoms with van der Waals surface area (Å²) in [7, 11) is 0. The van der Waals surface area contributed by atoms with Gasteiger partial charge in [0.2, 0.25) is 0 Å². The molecule has 0 aromatic heterocycles. The maximum absolute atomic E-state index is 12.9. The van der Waals surface area contributed by atoms with Gasteiger partial charge in [-0.2, -0.15) is 0 Å². The van der Waals surface area contributed by atoms with Crippen molar-refractivity contribution in [1.82, 2.24) is 10.2 Å². The van der Waals surface area contributed by atoms with Crippen molar-refractivity contribution in [3.05, 3.63) is 75.4 Å². The third-order valence-electron chi connectivity index (χ3n) is 4.60. The number of nitrogens with one attached hydrogen (secondary N) is 1. The Kier molecular flexibility index (Phi) is 7.24. The van der Waals surface area contributed by atoms with Gasteiger partial charge in [0.1, 0.15) is 12.4 Å². The quantitative estimate of drug-likeness (QED) is 0.606. The van der Waals surface area contributed by atoms with Crippen LogP contribution in [-0.4, -0.2) is 36.7 Å². The zero-order chi connectivity index (χ0) is 21.7. The zero-order valence-electron chi connectivity index (χ0n) is 16.7. The summed E-state index contributed by atoms with van der Waals surface area (Å²) < 4.78 is 11.2. The summed E-state index contributed by atoms with van der Waals surface area (Å²) in [6.07, 6.45) is 0. The summed E-state index contributed by atoms with van der Waals surface area (Å²) in [5.41, 5.74) is 1.42. The molecule has 6 nitrogen and oxygen atoms in total. The molecule has 1 aliphatic heterocycles. The van der Waals surface area contributed by atoms with Crippen LogP contribution in [0.3, 0.4) is 0 Å². The van der Waals surface area contributed by atoms with Crippen LogP contribution < -0.4 is 10.1 Å². The molecule has 30 heavy (non-hydrogen) atoms. The maximum Gasteiger partial charge on any atom is 0.338 e. The molecular weight excluding hydrogens is 427 g/mol. The van der Waals surface area contributed by atoms with Crippen LogP contribution in [-0.2, 0) is 9.53 Å². The topological polar surface area (TPSA) is 67.9 Å². The molecule has 2 aromatic rings. The number of benzene rings is 2. The fraction of sp³-hybridized carbons (Fsp3) is 0.273. The molecule has 0 radical (unpaired) electrons. The molecule has 1 heterocycles. The van der Waals surface area contributed by atoms with Gasteiger partial charge in [0.05, 0.1) is 23.9 Å². The molecule has 0 fully saturated rings. The minimum absolute atomic E-state index is 0.00713. The van der Waals surface area contributed by atoms with Crippen LogP contribution in [0.2, 0.25) is 10.0 Å². The molecule has 1 atom stereocenters. The summed E-state index contributed by atoms with van der Waals surface area (Å²) in [5, 5.41) is 3.91. The monoisotopic (exact) mass is 448 g/mol. The van der Waals surface area contributed by atoms with E-state index >= 15 is 0 Å². The molecule has 2 amide bonds. The van der Waals surface area contributed by atoms with Crippen molar-refractivity contribution < 1.29 is 19.1 Å². The lowest BCUT2D eigenvalue weighted by Crippen LogP contribution is -2.49. The van der Waals surface area contributed by atoms with E-state index in [1.807, 2.05) is 6.92 Å². The Balaban J connectivity index is 2.07. The van der Waals surface area contributed by atoms with Gasteiger partial charge < -0.3 is 14.8 Å². The van der Waals surface area contributed by atoms with Crippen molar-refractivity contribution in [3.8, 4) is 5.75 Å². The van der Waals surface area contributed by atoms with E-state index in [-0.39, 0.29) is 19.2 Å². The number of amides is 2. The van der Waals surface area contributed by atoms with Gasteiger partial charge >= 0.3 is 12.0 Å². The SMILES string of the molecule is CCOC(=O)C1=C(COc2cccc(Cl)c2)N(CC)C(=O)N[C@@H]1c1cccc(Cl)c1. The summed E-state index contributed by atoms with van der Waals surface area (Å²) in [6, 6.07) is 12.9. The van der Waals surface area contributed by atoms with Gasteiger partial charge in [0.25, 0.3) is 0 Å². The first kappa shape index (κ1) is 22.0. The van der Waals surface area contributed by atoms with Crippen LogP contribution in [0.25, 0.3) is 0 Å². The van der Waals surface area contributed by atoms with E-state index in [1.165, 1.54) is 4.90 Å². The van der Waals surface area contributed by atoms with Gasteiger partial charge in [-0.1, -0.05) is 41.4 Å². The molecule has 0 aliphatic carbocycles. The van der Waals surface area contributed by atoms with Crippen molar-refractivity contribution in [2.75, 3.05) is 19.8 Å². The van der Waals surface area contributed by atoms with Crippen molar-refractivity contribution >= 4 is 35.2 Å². The van der Waals surface area contributed by atoms with E-state index in [1.54, 1.807) is 55.5 Å². The summed E-state index contributed by atoms with van der Waals surface area (Å²) in [6.45, 7) is 4.10. The minimum Gasteiger partial charge on any atom is -0.487 e. The van der Waals surface area contributed by atoms with E-state index in [2.05, 4.69) is 5.32 Å². The normalized spacial score (nSPS) is 16.3. The first-order valence-corrected chi connectivity index (χ1v) is 10.3. The van der Waals surface area contributed by atoms with E-state index < -0.39 is 12.0 Å². The highest BCUT2D eigenvalue weighted by Crippen LogP contribution is 2.33. The average molecular weight is 449 g/mol. The predicted molar refractivity (Wildman–Crippen MR) is 116 cm³/mol. The molecule has 0 unspecified atom stereocenters. The van der Waals surface area contributed by atoms with Crippen LogP contribution >= 0.6 is 23.2 Å². The van der Waals surface area contributed by atoms with Gasteiger partial charge in [-0.15, -0.1) is 0 Å². The highest BCUT2D eigenvalue weighted by atomic mass is 35.5. The Hall–Kier alpha value is -2.70. The third-order valence-corrected chi connectivity index (χ3v) is 5.07. The number of esters is 1. The second-order valence-corrected chi connectivity index (χ2v) is 7.38. The molecule has 8 heteroatoms. The van der Waals surface area contributed by atoms with Crippen molar-refractivity contribution in [3.63, 3.8) is 0 Å². The lowest BCUT2D eigenvalue weighted by Gasteiger charge is -2.36. The maximum atomic E-state index is 12.9. The van der Waals surface area contributed by atoms with Gasteiger partial charge in [-0.05, 0) is 49.7 Å². The molecule has 0 spiro atoms. The predicted octanol–water partition coefficient (Wildman–Crippen LogP) is 4.98. The number of hydrogen-bond acceptors (Lipinski definition) is 4. The van der Waals surface area contributed by atoms with Crippen LogP contribution in [0, 0.1) is 0 Å². The number of carbonyl (C=O) groups is 2. The molecule has 2 aromatic carbocycles. The molecular formula is C22H22Cl2N2O4. The molecule has 0 bridgehead atoms. The molecule has 3 rings (SSSR count). The molecule has 1 N–H and O–H groups in total. The van der Waals surface area contributed by atoms with Crippen molar-refractivity contribution in [2.45, 2.75) is 19.9 Å². The lowest BCUT2D eigenvalue weighted by atomic mass is 9.94. The van der Waals surface area contributed by atoms with Crippen LogP contribution in [0.4, 0.5) is 4.79 Å². The minimum atomic E-state index is -0.712. The van der Waals surface area contributed by atoms with Crippen LogP contribution in [0.1, 0.15) is 25.5 Å². The zero-order valence-corrected chi connectivity index (χ0v) is 18.2. The number of likely N-dealkylation sites (N-methyl/N-ethyl adjacent to an activating group) is 1. The van der Waals surface area contributed by atoms with Gasteiger partial charge in [-0.3, -0.25) is 4.90 Å². The fourth-order valence-electron chi connectivity index (χ4n) is 3.29. The van der Waals surface area contributed by atoms with E-state index in [0.717, 1.165) is 0 Å². The van der Waals surface area contributed by atoms with Gasteiger partial charge in [0, 0.05) is 16.6 Å². The lowest BCUT2D eigenvalue weighted by molar-refractivity contribution is -0.139. The Labute approximate surface area is 185 Å². The van der Waals surface area contributed by atoms with E-state index in [9.17, 15) is 9.59 Å². The highest BCUT2D eigenvalue weighted by molar-refractivity contribution is 6.31. The largest absolute Gasteiger partial charge is 0.487 e. The Morgan fingerprint density at radius 2 is 1.80 bits per heavy atom. The number of urea groups is 1. The van der Waals surface area contributed by atoms with E-state index in [0.29, 0.717) is 39.2 Å². The summed E-state index contributed by atoms with van der Waals surface area (Å²) in [5.74, 6) is 0.00479. The second kappa shape index (κ2) is 9.87. The van der Waals surface area contributed by atoms with E-state index in [4.69, 9.17) is 32.7 Å². The number of halogens is 2. The molecule has 0 saturated heterocycles. The summed E-state index contributed by atoms with van der Waals surface area (Å²) in [4.78, 5) is 27.2. The number of rotatable bonds is 7. The summed E-state index contributed by atoms with van der Waals surface area (Å²) >= 11 is 12.2. The van der Waals surface area contributed by atoms with Gasteiger partial charge in [0.15, 0.2) is 0 Å². The first-order chi connectivity index (χ1) is 14.4.